The fraction of sp³-hybridized carbons (Fsp3) is 0.556. The van der Waals surface area contributed by atoms with Gasteiger partial charge in [-0.25, -0.2) is 0 Å². The van der Waals surface area contributed by atoms with Gasteiger partial charge in [0, 0.05) is 6.42 Å². The number of nitrogens with zero attached hydrogens (tertiary/aromatic N) is 1. The first-order valence-corrected chi connectivity index (χ1v) is 8.34. The largest absolute Gasteiger partial charge is 0.497 e. The van der Waals surface area contributed by atoms with Gasteiger partial charge in [-0.05, 0) is 37.1 Å². The average Bonchev–Trinajstić information content (AvgIpc) is 3.14. The quantitative estimate of drug-likeness (QED) is 0.803. The molecule has 1 spiro atoms. The van der Waals surface area contributed by atoms with Crippen LogP contribution in [-0.2, 0) is 9.59 Å². The number of aliphatic hydroxyl groups is 1. The number of aliphatic hydroxyl groups excluding tert-OH is 1. The SMILES string of the molecule is COc1ccc(OC[C@H](O)CN2C(=O)CC3(CCCC3)C2=O)cc1. The Morgan fingerprint density at radius 3 is 2.42 bits per heavy atom. The van der Waals surface area contributed by atoms with Crippen LogP contribution >= 0.6 is 0 Å². The number of methoxy groups -OCH3 is 1. The highest BCUT2D eigenvalue weighted by Gasteiger charge is 2.52. The molecule has 130 valence electrons. The molecule has 1 aliphatic heterocycles. The topological polar surface area (TPSA) is 76.1 Å². The molecule has 0 radical (unpaired) electrons. The minimum absolute atomic E-state index is 0.00439. The fourth-order valence-corrected chi connectivity index (χ4v) is 3.62. The Labute approximate surface area is 141 Å². The van der Waals surface area contributed by atoms with Crippen molar-refractivity contribution in [1.82, 2.24) is 4.90 Å². The van der Waals surface area contributed by atoms with Crippen LogP contribution in [0.3, 0.4) is 0 Å². The van der Waals surface area contributed by atoms with Crippen LogP contribution in [0.25, 0.3) is 0 Å². The summed E-state index contributed by atoms with van der Waals surface area (Å²) in [6, 6.07) is 7.01. The summed E-state index contributed by atoms with van der Waals surface area (Å²) in [4.78, 5) is 25.9. The number of likely N-dealkylation sites (tertiary alicyclic amines) is 1. The fourth-order valence-electron chi connectivity index (χ4n) is 3.62. The predicted octanol–water partition coefficient (Wildman–Crippen LogP) is 1.75. The van der Waals surface area contributed by atoms with E-state index in [1.54, 1.807) is 31.4 Å². The van der Waals surface area contributed by atoms with Crippen LogP contribution in [0.15, 0.2) is 24.3 Å². The summed E-state index contributed by atoms with van der Waals surface area (Å²) in [5.74, 6) is 1.03. The lowest BCUT2D eigenvalue weighted by molar-refractivity contribution is -0.143. The van der Waals surface area contributed by atoms with E-state index in [9.17, 15) is 14.7 Å². The number of carbonyl (C=O) groups excluding carboxylic acids is 2. The van der Waals surface area contributed by atoms with Gasteiger partial charge in [-0.2, -0.15) is 0 Å². The maximum Gasteiger partial charge on any atom is 0.235 e. The smallest absolute Gasteiger partial charge is 0.235 e. The first-order chi connectivity index (χ1) is 11.5. The third kappa shape index (κ3) is 3.24. The van der Waals surface area contributed by atoms with Gasteiger partial charge in [0.2, 0.25) is 11.8 Å². The third-order valence-electron chi connectivity index (χ3n) is 4.95. The van der Waals surface area contributed by atoms with E-state index >= 15 is 0 Å². The number of ether oxygens (including phenoxy) is 2. The zero-order valence-corrected chi connectivity index (χ0v) is 13.9. The zero-order chi connectivity index (χ0) is 17.2. The van der Waals surface area contributed by atoms with Gasteiger partial charge in [0.1, 0.15) is 24.2 Å². The monoisotopic (exact) mass is 333 g/mol. The summed E-state index contributed by atoms with van der Waals surface area (Å²) in [6.45, 7) is 0.0198. The molecule has 0 aromatic heterocycles. The molecule has 3 rings (SSSR count). The number of benzene rings is 1. The molecule has 0 bridgehead atoms. The Morgan fingerprint density at radius 1 is 1.17 bits per heavy atom. The molecule has 24 heavy (non-hydrogen) atoms. The third-order valence-corrected chi connectivity index (χ3v) is 4.95. The van der Waals surface area contributed by atoms with Gasteiger partial charge in [0.15, 0.2) is 0 Å². The highest BCUT2D eigenvalue weighted by molar-refractivity contribution is 6.06. The summed E-state index contributed by atoms with van der Waals surface area (Å²) in [5, 5.41) is 10.1. The van der Waals surface area contributed by atoms with Gasteiger partial charge in [0.25, 0.3) is 0 Å². The van der Waals surface area contributed by atoms with Crippen molar-refractivity contribution in [3.05, 3.63) is 24.3 Å². The number of hydrogen-bond acceptors (Lipinski definition) is 5. The molecule has 1 aromatic rings. The van der Waals surface area contributed by atoms with Crippen molar-refractivity contribution in [2.45, 2.75) is 38.2 Å². The molecule has 1 saturated heterocycles. The second-order valence-corrected chi connectivity index (χ2v) is 6.61. The van der Waals surface area contributed by atoms with Crippen molar-refractivity contribution in [2.75, 3.05) is 20.3 Å². The zero-order valence-electron chi connectivity index (χ0n) is 13.9. The van der Waals surface area contributed by atoms with Gasteiger partial charge in [0.05, 0.1) is 19.1 Å². The van der Waals surface area contributed by atoms with Crippen molar-refractivity contribution in [2.24, 2.45) is 5.41 Å². The van der Waals surface area contributed by atoms with Crippen LogP contribution in [0, 0.1) is 5.41 Å². The highest BCUT2D eigenvalue weighted by Crippen LogP contribution is 2.46. The van der Waals surface area contributed by atoms with Crippen LogP contribution in [0.1, 0.15) is 32.1 Å². The number of rotatable bonds is 6. The molecule has 1 atom stereocenters. The molecule has 2 amide bonds. The summed E-state index contributed by atoms with van der Waals surface area (Å²) in [5.41, 5.74) is -0.492. The van der Waals surface area contributed by atoms with E-state index < -0.39 is 11.5 Å². The normalized spacial score (nSPS) is 20.7. The number of amides is 2. The number of hydrogen-bond donors (Lipinski definition) is 1. The Bertz CT molecular complexity index is 606. The molecule has 2 fully saturated rings. The minimum atomic E-state index is -0.906. The van der Waals surface area contributed by atoms with Crippen molar-refractivity contribution in [1.29, 1.82) is 0 Å². The van der Waals surface area contributed by atoms with Gasteiger partial charge in [-0.3, -0.25) is 14.5 Å². The van der Waals surface area contributed by atoms with Crippen LogP contribution in [0.2, 0.25) is 0 Å². The highest BCUT2D eigenvalue weighted by atomic mass is 16.5. The van der Waals surface area contributed by atoms with E-state index in [0.717, 1.165) is 31.4 Å². The van der Waals surface area contributed by atoms with Crippen molar-refractivity contribution in [3.63, 3.8) is 0 Å². The van der Waals surface area contributed by atoms with Crippen LogP contribution in [0.5, 0.6) is 11.5 Å². The maximum absolute atomic E-state index is 12.6. The summed E-state index contributed by atoms with van der Waals surface area (Å²) < 4.78 is 10.6. The molecule has 6 nitrogen and oxygen atoms in total. The molecule has 1 heterocycles. The standard InChI is InChI=1S/C18H23NO5/c1-23-14-4-6-15(7-5-14)24-12-13(20)11-19-16(21)10-18(17(19)22)8-2-3-9-18/h4-7,13,20H,2-3,8-12H2,1H3/t13-/m1/s1. The predicted molar refractivity (Wildman–Crippen MR) is 86.7 cm³/mol. The van der Waals surface area contributed by atoms with Crippen molar-refractivity contribution >= 4 is 11.8 Å². The number of carbonyl (C=O) groups is 2. The molecule has 0 unspecified atom stereocenters. The van der Waals surface area contributed by atoms with Gasteiger partial charge >= 0.3 is 0 Å². The molecule has 2 aliphatic rings. The van der Waals surface area contributed by atoms with E-state index in [0.29, 0.717) is 5.75 Å². The second-order valence-electron chi connectivity index (χ2n) is 6.61. The summed E-state index contributed by atoms with van der Waals surface area (Å²) >= 11 is 0. The van der Waals surface area contributed by atoms with Gasteiger partial charge < -0.3 is 14.6 Å². The molecular formula is C18H23NO5. The van der Waals surface area contributed by atoms with E-state index in [2.05, 4.69) is 0 Å². The van der Waals surface area contributed by atoms with Crippen molar-refractivity contribution < 1.29 is 24.2 Å². The molecule has 6 heteroatoms. The maximum atomic E-state index is 12.6. The molecule has 1 N–H and O–H groups in total. The lowest BCUT2D eigenvalue weighted by atomic mass is 9.84. The molecule has 1 aliphatic carbocycles. The Morgan fingerprint density at radius 2 is 1.79 bits per heavy atom. The summed E-state index contributed by atoms with van der Waals surface area (Å²) in [6.07, 6.45) is 2.94. The van der Waals surface area contributed by atoms with E-state index in [4.69, 9.17) is 9.47 Å². The lowest BCUT2D eigenvalue weighted by Crippen LogP contribution is -2.41. The molecule has 1 aromatic carbocycles. The first-order valence-electron chi connectivity index (χ1n) is 8.34. The lowest BCUT2D eigenvalue weighted by Gasteiger charge is -2.23. The van der Waals surface area contributed by atoms with Crippen LogP contribution < -0.4 is 9.47 Å². The molecule has 1 saturated carbocycles. The van der Waals surface area contributed by atoms with Crippen LogP contribution in [0.4, 0.5) is 0 Å². The Kier molecular flexibility index (Phi) is 4.76. The van der Waals surface area contributed by atoms with E-state index in [1.807, 2.05) is 0 Å². The Hall–Kier alpha value is -2.08. The number of imide groups is 1. The molecular weight excluding hydrogens is 310 g/mol. The Balaban J connectivity index is 1.53. The first kappa shape index (κ1) is 16.8. The minimum Gasteiger partial charge on any atom is -0.497 e. The van der Waals surface area contributed by atoms with Crippen molar-refractivity contribution in [3.8, 4) is 11.5 Å². The van der Waals surface area contributed by atoms with E-state index in [1.165, 1.54) is 4.90 Å². The number of β-amino-alcohol motifs (C(OH)–C–C–N with tert-alkyl or cyclic N) is 1. The second kappa shape index (κ2) is 6.81. The van der Waals surface area contributed by atoms with Gasteiger partial charge in [-0.15, -0.1) is 0 Å². The average molecular weight is 333 g/mol. The van der Waals surface area contributed by atoms with Crippen LogP contribution in [-0.4, -0.2) is 48.2 Å². The van der Waals surface area contributed by atoms with Gasteiger partial charge in [-0.1, -0.05) is 12.8 Å². The summed E-state index contributed by atoms with van der Waals surface area (Å²) in [7, 11) is 1.58. The van der Waals surface area contributed by atoms with E-state index in [-0.39, 0.29) is 31.4 Å².